The van der Waals surface area contributed by atoms with Crippen molar-refractivity contribution in [2.24, 2.45) is 24.5 Å². The summed E-state index contributed by atoms with van der Waals surface area (Å²) < 4.78 is 6.52. The molecule has 0 bridgehead atoms. The zero-order chi connectivity index (χ0) is 24.4. The van der Waals surface area contributed by atoms with E-state index in [1.165, 1.54) is 7.11 Å². The summed E-state index contributed by atoms with van der Waals surface area (Å²) in [5, 5.41) is 9.42. The number of carbonyl (C=O) groups is 3. The lowest BCUT2D eigenvalue weighted by molar-refractivity contribution is -0.134. The molecule has 0 saturated carbocycles. The molecule has 2 aliphatic rings. The standard InChI is InChI=1S/C23H31N7O4/c1-28-19-11-14(3-4-16(19)21(27-28)17-5-6-20(31)26-22(17)32)12-30(25)13-18(24)15-7-9-29(10-8-15)23(33)34-2/h3-4,11,13,15,17H,5-10,12,24-25H2,1-2H3,(H,26,31,32)/b18-13-. The molecule has 2 saturated heterocycles. The molecule has 1 aromatic heterocycles. The number of piperidine rings is 2. The van der Waals surface area contributed by atoms with E-state index in [1.807, 2.05) is 25.2 Å². The predicted molar refractivity (Wildman–Crippen MR) is 125 cm³/mol. The number of carbonyl (C=O) groups excluding carboxylic acids is 3. The molecule has 0 spiro atoms. The number of nitrogens with one attached hydrogen (secondary N) is 1. The monoisotopic (exact) mass is 469 g/mol. The van der Waals surface area contributed by atoms with E-state index >= 15 is 0 Å². The van der Waals surface area contributed by atoms with Crippen LogP contribution in [0.2, 0.25) is 0 Å². The van der Waals surface area contributed by atoms with Crippen LogP contribution in [0.5, 0.6) is 0 Å². The summed E-state index contributed by atoms with van der Waals surface area (Å²) in [7, 11) is 3.22. The van der Waals surface area contributed by atoms with Crippen molar-refractivity contribution in [3.63, 3.8) is 0 Å². The number of benzene rings is 1. The van der Waals surface area contributed by atoms with Crippen molar-refractivity contribution in [3.8, 4) is 0 Å². The minimum atomic E-state index is -0.438. The van der Waals surface area contributed by atoms with E-state index in [9.17, 15) is 14.4 Å². The molecule has 34 heavy (non-hydrogen) atoms. The minimum absolute atomic E-state index is 0.155. The molecule has 5 N–H and O–H groups in total. The highest BCUT2D eigenvalue weighted by molar-refractivity contribution is 6.02. The first-order valence-corrected chi connectivity index (χ1v) is 11.4. The summed E-state index contributed by atoms with van der Waals surface area (Å²) in [6.45, 7) is 1.64. The molecular weight excluding hydrogens is 438 g/mol. The Kier molecular flexibility index (Phi) is 6.73. The molecule has 1 unspecified atom stereocenters. The van der Waals surface area contributed by atoms with Crippen LogP contribution in [-0.2, 0) is 27.9 Å². The highest BCUT2D eigenvalue weighted by atomic mass is 16.5. The SMILES string of the molecule is COC(=O)N1CCC(/C(N)=C/N(N)Cc2ccc3c(C4CCC(=O)NC4=O)nn(C)c3c2)CC1. The molecule has 11 heteroatoms. The molecule has 3 heterocycles. The molecule has 1 aromatic carbocycles. The third-order valence-corrected chi connectivity index (χ3v) is 6.59. The quantitative estimate of drug-likeness (QED) is 0.334. The maximum absolute atomic E-state index is 12.3. The molecule has 3 amide bonds. The summed E-state index contributed by atoms with van der Waals surface area (Å²) in [5.74, 6) is 5.41. The van der Waals surface area contributed by atoms with Crippen LogP contribution in [0.3, 0.4) is 0 Å². The maximum Gasteiger partial charge on any atom is 0.409 e. The molecule has 182 valence electrons. The molecule has 2 aromatic rings. The van der Waals surface area contributed by atoms with Crippen LogP contribution in [0, 0.1) is 5.92 Å². The molecule has 0 radical (unpaired) electrons. The van der Waals surface area contributed by atoms with Crippen molar-refractivity contribution in [1.82, 2.24) is 25.0 Å². The molecule has 11 nitrogen and oxygen atoms in total. The zero-order valence-electron chi connectivity index (χ0n) is 19.5. The largest absolute Gasteiger partial charge is 0.453 e. The van der Waals surface area contributed by atoms with E-state index in [2.05, 4.69) is 10.4 Å². The molecule has 4 rings (SSSR count). The fourth-order valence-electron chi connectivity index (χ4n) is 4.72. The van der Waals surface area contributed by atoms with Crippen LogP contribution < -0.4 is 16.9 Å². The number of fused-ring (bicyclic) bond motifs is 1. The number of hydrogen-bond donors (Lipinski definition) is 3. The highest BCUT2D eigenvalue weighted by Gasteiger charge is 2.31. The molecule has 2 fully saturated rings. The van der Waals surface area contributed by atoms with Crippen molar-refractivity contribution in [2.75, 3.05) is 20.2 Å². The van der Waals surface area contributed by atoms with Crippen molar-refractivity contribution in [1.29, 1.82) is 0 Å². The molecule has 1 atom stereocenters. The van der Waals surface area contributed by atoms with Crippen LogP contribution in [-0.4, -0.2) is 57.8 Å². The van der Waals surface area contributed by atoms with Gasteiger partial charge in [0.25, 0.3) is 0 Å². The summed E-state index contributed by atoms with van der Waals surface area (Å²) in [4.78, 5) is 37.1. The van der Waals surface area contributed by atoms with Gasteiger partial charge in [-0.2, -0.15) is 5.10 Å². The highest BCUT2D eigenvalue weighted by Crippen LogP contribution is 2.31. The van der Waals surface area contributed by atoms with Gasteiger partial charge in [0.05, 0.1) is 30.8 Å². The number of allylic oxidation sites excluding steroid dienone is 1. The van der Waals surface area contributed by atoms with E-state index in [-0.39, 0.29) is 23.8 Å². The number of aryl methyl sites for hydroxylation is 1. The van der Waals surface area contributed by atoms with Gasteiger partial charge in [-0.05, 0) is 30.9 Å². The second kappa shape index (κ2) is 9.72. The normalized spacial score (nSPS) is 19.9. The van der Waals surface area contributed by atoms with Gasteiger partial charge in [-0.1, -0.05) is 12.1 Å². The smallest absolute Gasteiger partial charge is 0.409 e. The van der Waals surface area contributed by atoms with Crippen LogP contribution in [0.1, 0.15) is 42.9 Å². The van der Waals surface area contributed by atoms with E-state index in [0.29, 0.717) is 43.9 Å². The number of methoxy groups -OCH3 is 1. The van der Waals surface area contributed by atoms with Crippen molar-refractivity contribution in [3.05, 3.63) is 41.4 Å². The topological polar surface area (TPSA) is 149 Å². The van der Waals surface area contributed by atoms with Crippen molar-refractivity contribution < 1.29 is 19.1 Å². The van der Waals surface area contributed by atoms with Gasteiger partial charge in [0.1, 0.15) is 0 Å². The van der Waals surface area contributed by atoms with Gasteiger partial charge >= 0.3 is 6.09 Å². The average molecular weight is 470 g/mol. The Hall–Kier alpha value is -3.60. The fraction of sp³-hybridized carbons (Fsp3) is 0.478. The van der Waals surface area contributed by atoms with Crippen molar-refractivity contribution >= 4 is 28.8 Å². The Labute approximate surface area is 197 Å². The number of ether oxygens (including phenoxy) is 1. The first-order chi connectivity index (χ1) is 16.3. The summed E-state index contributed by atoms with van der Waals surface area (Å²) in [6.07, 6.45) is 3.72. The Morgan fingerprint density at radius 3 is 2.71 bits per heavy atom. The number of nitrogens with two attached hydrogens (primary N) is 2. The molecular formula is C23H31N7O4. The van der Waals surface area contributed by atoms with Crippen LogP contribution in [0.25, 0.3) is 10.9 Å². The number of aromatic nitrogens is 2. The fourth-order valence-corrected chi connectivity index (χ4v) is 4.72. The van der Waals surface area contributed by atoms with Gasteiger partial charge in [0.2, 0.25) is 11.8 Å². The predicted octanol–water partition coefficient (Wildman–Crippen LogP) is 1.05. The second-order valence-corrected chi connectivity index (χ2v) is 8.90. The molecule has 0 aliphatic carbocycles. The number of likely N-dealkylation sites (tertiary alicyclic amines) is 1. The first-order valence-electron chi connectivity index (χ1n) is 11.4. The Morgan fingerprint density at radius 2 is 2.03 bits per heavy atom. The van der Waals surface area contributed by atoms with E-state index in [4.69, 9.17) is 16.3 Å². The van der Waals surface area contributed by atoms with Crippen molar-refractivity contribution in [2.45, 2.75) is 38.1 Å². The lowest BCUT2D eigenvalue weighted by Gasteiger charge is -2.31. The second-order valence-electron chi connectivity index (χ2n) is 8.90. The number of amides is 3. The van der Waals surface area contributed by atoms with Gasteiger partial charge < -0.3 is 20.4 Å². The van der Waals surface area contributed by atoms with Gasteiger partial charge in [-0.3, -0.25) is 19.6 Å². The van der Waals surface area contributed by atoms with E-state index < -0.39 is 5.92 Å². The minimum Gasteiger partial charge on any atom is -0.453 e. The van der Waals surface area contributed by atoms with Gasteiger partial charge in [0, 0.05) is 49.8 Å². The number of hydrazine groups is 1. The first kappa shape index (κ1) is 23.6. The number of hydrogen-bond acceptors (Lipinski definition) is 8. The van der Waals surface area contributed by atoms with E-state index in [0.717, 1.165) is 29.3 Å². The van der Waals surface area contributed by atoms with E-state index in [1.54, 1.807) is 20.8 Å². The number of nitrogens with zero attached hydrogens (tertiary/aromatic N) is 4. The third-order valence-electron chi connectivity index (χ3n) is 6.59. The lowest BCUT2D eigenvalue weighted by Crippen LogP contribution is -2.40. The Bertz CT molecular complexity index is 1130. The zero-order valence-corrected chi connectivity index (χ0v) is 19.5. The maximum atomic E-state index is 12.3. The van der Waals surface area contributed by atoms with Crippen LogP contribution in [0.4, 0.5) is 4.79 Å². The Morgan fingerprint density at radius 1 is 1.29 bits per heavy atom. The lowest BCUT2D eigenvalue weighted by atomic mass is 9.92. The summed E-state index contributed by atoms with van der Waals surface area (Å²) in [5.41, 5.74) is 9.54. The van der Waals surface area contributed by atoms with Crippen LogP contribution in [0.15, 0.2) is 30.1 Å². The molecule has 2 aliphatic heterocycles. The average Bonchev–Trinajstić information content (AvgIpc) is 3.14. The Balaban J connectivity index is 1.43. The summed E-state index contributed by atoms with van der Waals surface area (Å²) >= 11 is 0. The third kappa shape index (κ3) is 4.84. The van der Waals surface area contributed by atoms with Crippen LogP contribution >= 0.6 is 0 Å². The summed E-state index contributed by atoms with van der Waals surface area (Å²) in [6, 6.07) is 5.90. The number of imide groups is 1. The number of rotatable bonds is 5. The van der Waals surface area contributed by atoms with Gasteiger partial charge in [0.15, 0.2) is 0 Å². The van der Waals surface area contributed by atoms with Gasteiger partial charge in [-0.25, -0.2) is 10.6 Å². The van der Waals surface area contributed by atoms with Gasteiger partial charge in [-0.15, -0.1) is 0 Å².